The first kappa shape index (κ1) is 113. The molecular weight excluding hydrogens is 1300 g/mol. The predicted molar refractivity (Wildman–Crippen MR) is 472 cm³/mol. The van der Waals surface area contributed by atoms with Crippen LogP contribution >= 0.6 is 0 Å². The first-order valence-electron chi connectivity index (χ1n) is 46.5. The lowest BCUT2D eigenvalue weighted by Crippen LogP contribution is -2.43. The Morgan fingerprint density at radius 3 is 0.562 bits per heavy atom. The summed E-state index contributed by atoms with van der Waals surface area (Å²) in [7, 11) is 0. The first-order chi connectivity index (χ1) is 48.2. The zero-order chi connectivity index (χ0) is 83.6. The van der Waals surface area contributed by atoms with E-state index >= 15 is 0 Å². The lowest BCUT2D eigenvalue weighted by atomic mass is 9.62. The summed E-state index contributed by atoms with van der Waals surface area (Å²) in [6.07, 6.45) is 34.7. The van der Waals surface area contributed by atoms with Crippen molar-refractivity contribution in [1.29, 1.82) is 0 Å². The van der Waals surface area contributed by atoms with Crippen LogP contribution < -0.4 is 0 Å². The summed E-state index contributed by atoms with van der Waals surface area (Å²) >= 11 is 0. The van der Waals surface area contributed by atoms with Gasteiger partial charge in [0.25, 0.3) is 0 Å². The van der Waals surface area contributed by atoms with Crippen molar-refractivity contribution in [2.75, 3.05) is 0 Å². The van der Waals surface area contributed by atoms with Crippen molar-refractivity contribution in [3.05, 3.63) is 0 Å². The molecular formula is C100H205F5. The van der Waals surface area contributed by atoms with Crippen LogP contribution in [0.5, 0.6) is 0 Å². The average molecular weight is 1500 g/mol. The van der Waals surface area contributed by atoms with Gasteiger partial charge in [0.1, 0.15) is 29.3 Å². The normalized spacial score (nSPS) is 36.8. The predicted octanol–water partition coefficient (Wildman–Crippen LogP) is 36.5. The quantitative estimate of drug-likeness (QED) is 0.212. The molecule has 5 heteroatoms. The molecule has 0 aromatic heterocycles. The Labute approximate surface area is 664 Å². The molecule has 12 rings (SSSR count). The van der Waals surface area contributed by atoms with Gasteiger partial charge in [-0.05, 0) is 308 Å². The van der Waals surface area contributed by atoms with Crippen molar-refractivity contribution in [1.82, 2.24) is 0 Å². The number of alkyl halides is 5. The molecule has 105 heavy (non-hydrogen) atoms. The molecule has 0 saturated heterocycles. The van der Waals surface area contributed by atoms with Crippen molar-refractivity contribution in [2.24, 2.45) is 140 Å². The zero-order valence-corrected chi connectivity index (χ0v) is 80.5. The SMILES string of the molecule is CC.CC.CC.CC.CC.CC.CC(C)(C)C1CC2CC2C1.CC(C)(C)C1CCCC1.CC1(F)CC(C(C)(C)C)C1.CC1CC(C(C)(C)C)C1.CC1CC(C(C)(C)C)C1.C[C@@H]1CCC(C)(F)C1.C[C@@H]1CC[C@H](C)C1.C[C@@H]1C[C@@H](C)[C@H](F)C1.C[C@H]1CCC(C)(F)C1.C[C@H]1CC[C@H](C)C1.C[C@H]1C[C@@H](C)[C@@H](F)C1. The van der Waals surface area contributed by atoms with Crippen LogP contribution in [-0.4, -0.2) is 29.3 Å². The van der Waals surface area contributed by atoms with Crippen LogP contribution in [0.1, 0.15) is 477 Å². The summed E-state index contributed by atoms with van der Waals surface area (Å²) in [6, 6.07) is 0. The van der Waals surface area contributed by atoms with Crippen LogP contribution in [-0.2, 0) is 0 Å². The maximum absolute atomic E-state index is 13.0. The van der Waals surface area contributed by atoms with Crippen molar-refractivity contribution in [3.63, 3.8) is 0 Å². The van der Waals surface area contributed by atoms with E-state index < -0.39 is 29.3 Å². The fourth-order valence-electron chi connectivity index (χ4n) is 17.9. The smallest absolute Gasteiger partial charge is 0.108 e. The molecule has 12 saturated carbocycles. The minimum absolute atomic E-state index is 0.311. The van der Waals surface area contributed by atoms with Crippen LogP contribution in [0.2, 0.25) is 0 Å². The number of hydrogen-bond acceptors (Lipinski definition) is 0. The van der Waals surface area contributed by atoms with E-state index in [0.29, 0.717) is 68.5 Å². The molecule has 12 aliphatic rings. The largest absolute Gasteiger partial charge is 0.247 e. The lowest BCUT2D eigenvalue weighted by molar-refractivity contribution is -0.0289. The van der Waals surface area contributed by atoms with Crippen molar-refractivity contribution in [2.45, 2.75) is 506 Å². The third kappa shape index (κ3) is 54.1. The Bertz CT molecular complexity index is 1800. The third-order valence-electron chi connectivity index (χ3n) is 25.6. The molecule has 0 aromatic carbocycles. The van der Waals surface area contributed by atoms with E-state index in [0.717, 1.165) is 148 Å². The second kappa shape index (κ2) is 56.0. The molecule has 0 radical (unpaired) electrons. The number of fused-ring (bicyclic) bond motifs is 1. The minimum atomic E-state index is -0.849. The Morgan fingerprint density at radius 2 is 0.467 bits per heavy atom. The van der Waals surface area contributed by atoms with E-state index in [1.165, 1.54) is 103 Å². The molecule has 0 N–H and O–H groups in total. The Morgan fingerprint density at radius 1 is 0.229 bits per heavy atom. The van der Waals surface area contributed by atoms with Gasteiger partial charge in [-0.3, -0.25) is 0 Å². The molecule has 0 amide bonds. The van der Waals surface area contributed by atoms with Gasteiger partial charge in [0.05, 0.1) is 0 Å². The van der Waals surface area contributed by atoms with E-state index in [9.17, 15) is 22.0 Å². The fourth-order valence-corrected chi connectivity index (χ4v) is 17.9. The van der Waals surface area contributed by atoms with Crippen molar-refractivity contribution < 1.29 is 22.0 Å². The van der Waals surface area contributed by atoms with Gasteiger partial charge >= 0.3 is 0 Å². The zero-order valence-electron chi connectivity index (χ0n) is 80.5. The van der Waals surface area contributed by atoms with Crippen molar-refractivity contribution in [3.8, 4) is 0 Å². The van der Waals surface area contributed by atoms with Gasteiger partial charge in [-0.25, -0.2) is 22.0 Å². The van der Waals surface area contributed by atoms with Gasteiger partial charge in [-0.2, -0.15) is 0 Å². The summed E-state index contributed by atoms with van der Waals surface area (Å²) in [5.74, 6) is 16.2. The second-order valence-electron chi connectivity index (χ2n) is 42.5. The molecule has 16 atom stereocenters. The maximum atomic E-state index is 13.0. The second-order valence-corrected chi connectivity index (χ2v) is 42.5. The monoisotopic (exact) mass is 1500 g/mol. The van der Waals surface area contributed by atoms with Crippen LogP contribution in [0.3, 0.4) is 0 Å². The molecule has 12 fully saturated rings. The van der Waals surface area contributed by atoms with E-state index in [1.54, 1.807) is 27.2 Å². The molecule has 0 aliphatic heterocycles. The van der Waals surface area contributed by atoms with Gasteiger partial charge in [0.15, 0.2) is 0 Å². The highest BCUT2D eigenvalue weighted by Gasteiger charge is 2.49. The molecule has 0 spiro atoms. The third-order valence-corrected chi connectivity index (χ3v) is 25.6. The van der Waals surface area contributed by atoms with E-state index in [1.807, 2.05) is 96.9 Å². The summed E-state index contributed by atoms with van der Waals surface area (Å²) in [5, 5.41) is 0. The summed E-state index contributed by atoms with van der Waals surface area (Å²) < 4.78 is 63.8. The molecule has 4 unspecified atom stereocenters. The highest BCUT2D eigenvalue weighted by molar-refractivity contribution is 4.99. The van der Waals surface area contributed by atoms with Crippen LogP contribution in [0.15, 0.2) is 0 Å². The maximum Gasteiger partial charge on any atom is 0.108 e. The summed E-state index contributed by atoms with van der Waals surface area (Å²) in [5.41, 5.74) is 0.116. The molecule has 0 nitrogen and oxygen atoms in total. The Kier molecular flexibility index (Phi) is 60.4. The van der Waals surface area contributed by atoms with Crippen LogP contribution in [0, 0.1) is 140 Å². The standard InChI is InChI=1S/C10H18.C9H17F.3C9H18.4C7H13F.2C7H14.6C2H6/c1-10(2,3)9-5-7-4-8(7)6-9;1-8(2,3)7-5-9(4,10)6-7;2*1-7-5-8(6-7)9(2,3)4;1-9(2,3)8-6-4-5-7-8;2*1-5-3-6(2)7(8)4-5;2*1-6-3-4-7(2,8)5-6;2*1-6-3-4-7(2)5-6;6*1-2/h7-9H,4-6H2,1-3H3;7H,5-6H2,1-4H3;2*7-8H,5-6H2,1-4H3;8H,4-7H2,1-3H3;2*5-7H,3-4H2,1-2H3;2*6H,3-5H2,1-2H3;2*6-7H,3-5H2,1-2H3;6*1-2H3/t;;;;;5-,6+,7-;5-,6-,7-;2*6-,7?;6-,7+;6-,7-;;;;;;/m.....0110.0....../s1. The summed E-state index contributed by atoms with van der Waals surface area (Å²) in [4.78, 5) is 0. The number of halogens is 5. The number of hydrogen-bond donors (Lipinski definition) is 0. The van der Waals surface area contributed by atoms with Crippen molar-refractivity contribution >= 4 is 0 Å². The van der Waals surface area contributed by atoms with Crippen LogP contribution in [0.4, 0.5) is 22.0 Å². The van der Waals surface area contributed by atoms with Crippen LogP contribution in [0.25, 0.3) is 0 Å². The summed E-state index contributed by atoms with van der Waals surface area (Å²) in [6.45, 7) is 90.6. The highest BCUT2D eigenvalue weighted by Crippen LogP contribution is 2.58. The lowest BCUT2D eigenvalue weighted by Gasteiger charge is -2.46. The van der Waals surface area contributed by atoms with Gasteiger partial charge in [-0.1, -0.05) is 309 Å². The van der Waals surface area contributed by atoms with E-state index in [-0.39, 0.29) is 0 Å². The van der Waals surface area contributed by atoms with Gasteiger partial charge < -0.3 is 0 Å². The van der Waals surface area contributed by atoms with Gasteiger partial charge in [0, 0.05) is 0 Å². The molecule has 0 bridgehead atoms. The minimum Gasteiger partial charge on any atom is -0.247 e. The van der Waals surface area contributed by atoms with E-state index in [2.05, 4.69) is 173 Å². The van der Waals surface area contributed by atoms with Gasteiger partial charge in [-0.15, -0.1) is 0 Å². The van der Waals surface area contributed by atoms with E-state index in [4.69, 9.17) is 0 Å². The molecule has 12 aliphatic carbocycles. The topological polar surface area (TPSA) is 0 Å². The number of rotatable bonds is 0. The Hall–Kier alpha value is -0.350. The molecule has 0 heterocycles. The highest BCUT2D eigenvalue weighted by atomic mass is 19.2. The Balaban J connectivity index is -0.000000344. The fraction of sp³-hybridized carbons (Fsp3) is 1.00. The van der Waals surface area contributed by atoms with Gasteiger partial charge in [0.2, 0.25) is 0 Å². The molecule has 0 aromatic rings. The first-order valence-corrected chi connectivity index (χ1v) is 46.5. The average Bonchev–Trinajstić information content (AvgIpc) is 1.69. The molecule has 640 valence electrons.